The Morgan fingerprint density at radius 3 is 2.55 bits per heavy atom. The Hall–Kier alpha value is -4.01. The predicted molar refractivity (Wildman–Crippen MR) is 200 cm³/mol. The molecule has 0 bridgehead atoms. The second-order valence-corrected chi connectivity index (χ2v) is 19.4. The second kappa shape index (κ2) is 14.4. The van der Waals surface area contributed by atoms with E-state index < -0.39 is 79.2 Å². The number of alkyl halides is 3. The summed E-state index contributed by atoms with van der Waals surface area (Å²) in [5.74, 6) is -2.97. The molecule has 3 fully saturated rings. The molecule has 1 aromatic carbocycles. The van der Waals surface area contributed by atoms with E-state index in [9.17, 15) is 40.8 Å². The Morgan fingerprint density at radius 2 is 1.86 bits per heavy atom. The summed E-state index contributed by atoms with van der Waals surface area (Å²) >= 11 is 0. The van der Waals surface area contributed by atoms with Crippen molar-refractivity contribution in [1.29, 1.82) is 0 Å². The van der Waals surface area contributed by atoms with Crippen LogP contribution in [0.25, 0.3) is 10.9 Å². The molecule has 0 radical (unpaired) electrons. The van der Waals surface area contributed by atoms with E-state index in [1.165, 1.54) is 11.0 Å². The van der Waals surface area contributed by atoms with Crippen molar-refractivity contribution in [1.82, 2.24) is 14.6 Å². The average molecular weight is 802 g/mol. The number of fused-ring (bicyclic) bond motifs is 5. The number of amides is 2. The van der Waals surface area contributed by atoms with Gasteiger partial charge in [0.05, 0.1) is 52.0 Å². The number of Topliss-reactive ketones (excluding diaryl/α,β-unsaturated/α-hetero) is 1. The largest absolute Gasteiger partial charge is 0.483 e. The molecular weight excluding hydrogens is 752 g/mol. The number of pyridine rings is 1. The number of carbonyl (C=O) groups excluding carboxylic acids is 4. The van der Waals surface area contributed by atoms with Crippen LogP contribution in [0.1, 0.15) is 115 Å². The number of benzene rings is 1. The number of allylic oxidation sites excluding steroid dienone is 2. The lowest BCUT2D eigenvalue weighted by Gasteiger charge is -2.37. The fraction of sp³-hybridized carbons (Fsp3) is 0.634. The third kappa shape index (κ3) is 7.56. The zero-order valence-electron chi connectivity index (χ0n) is 32.3. The summed E-state index contributed by atoms with van der Waals surface area (Å²) in [6.45, 7) is 6.56. The number of esters is 1. The van der Waals surface area contributed by atoms with Crippen LogP contribution in [0.5, 0.6) is 5.75 Å². The highest BCUT2D eigenvalue weighted by Gasteiger charge is 2.63. The smallest absolute Gasteiger partial charge is 0.418 e. The molecule has 5 aliphatic rings. The maximum atomic E-state index is 14.7. The molecule has 3 aliphatic heterocycles. The van der Waals surface area contributed by atoms with Crippen LogP contribution >= 0.6 is 0 Å². The molecule has 1 spiro atoms. The van der Waals surface area contributed by atoms with Crippen molar-refractivity contribution in [2.75, 3.05) is 6.54 Å². The van der Waals surface area contributed by atoms with Gasteiger partial charge in [0.1, 0.15) is 11.4 Å². The predicted octanol–water partition coefficient (Wildman–Crippen LogP) is 6.67. The van der Waals surface area contributed by atoms with Crippen LogP contribution in [0.3, 0.4) is 0 Å². The molecule has 4 heterocycles. The van der Waals surface area contributed by atoms with Gasteiger partial charge in [0.15, 0.2) is 5.78 Å². The Bertz CT molecular complexity index is 2100. The van der Waals surface area contributed by atoms with E-state index in [4.69, 9.17) is 9.47 Å². The lowest BCUT2D eigenvalue weighted by molar-refractivity contribution is -0.153. The van der Waals surface area contributed by atoms with E-state index in [1.807, 2.05) is 12.2 Å². The number of aromatic nitrogens is 1. The molecule has 5 atom stereocenters. The summed E-state index contributed by atoms with van der Waals surface area (Å²) in [7, 11) is -4.00. The number of hydrogen-bond donors (Lipinski definition) is 1. The van der Waals surface area contributed by atoms with Crippen LogP contribution in [0.4, 0.5) is 13.2 Å². The highest BCUT2D eigenvalue weighted by molar-refractivity contribution is 7.91. The van der Waals surface area contributed by atoms with Gasteiger partial charge in [-0.05, 0) is 91.0 Å². The van der Waals surface area contributed by atoms with Gasteiger partial charge in [0.2, 0.25) is 21.8 Å². The first-order valence-corrected chi connectivity index (χ1v) is 21.2. The van der Waals surface area contributed by atoms with Gasteiger partial charge in [-0.3, -0.25) is 23.9 Å². The van der Waals surface area contributed by atoms with E-state index in [2.05, 4.69) is 9.71 Å². The van der Waals surface area contributed by atoms with E-state index in [1.54, 1.807) is 33.8 Å². The standard InChI is InChI=1S/C41H50F3N3O8S/c1-24(2)54-33(49)19-26-11-8-6-5-7-9-12-27-20-40(27,37(51)46-56(52,53)38(4)17-18-38)22-32(48)31-21-39(23-47(31)36(26)50)16-15-29-28-13-10-14-30(41(42,43)44)34(28)45-25(3)35(29)55-39/h9-10,12-14,24,26-27,31H,5-8,11,15-23H2,1-4H3,(H,46,51)/b12-9-/t26-,27-,31+,39-,40-/m1/s1. The number of sulfonamides is 1. The number of rotatable bonds is 6. The van der Waals surface area contributed by atoms with Gasteiger partial charge in [-0.1, -0.05) is 37.1 Å². The third-order valence-corrected chi connectivity index (χ3v) is 14.7. The van der Waals surface area contributed by atoms with E-state index in [0.717, 1.165) is 18.9 Å². The number of para-hydroxylation sites is 1. The molecule has 0 unspecified atom stereocenters. The molecule has 1 N–H and O–H groups in total. The van der Waals surface area contributed by atoms with Crippen molar-refractivity contribution >= 4 is 44.5 Å². The van der Waals surface area contributed by atoms with Gasteiger partial charge < -0.3 is 14.4 Å². The molecule has 11 nitrogen and oxygen atoms in total. The Balaban J connectivity index is 1.24. The van der Waals surface area contributed by atoms with Gasteiger partial charge in [-0.15, -0.1) is 0 Å². The fourth-order valence-electron chi connectivity index (χ4n) is 8.92. The number of nitrogens with one attached hydrogen (secondary N) is 1. The van der Waals surface area contributed by atoms with Crippen molar-refractivity contribution < 1.29 is 50.2 Å². The number of ketones is 1. The minimum absolute atomic E-state index is 0.0350. The first-order chi connectivity index (χ1) is 26.3. The lowest BCUT2D eigenvalue weighted by Crippen LogP contribution is -2.48. The maximum absolute atomic E-state index is 14.7. The van der Waals surface area contributed by atoms with Crippen LogP contribution in [0, 0.1) is 24.2 Å². The molecule has 1 saturated heterocycles. The number of aryl methyl sites for hydroxylation is 2. The molecular formula is C41H50F3N3O8S. The minimum atomic E-state index is -4.62. The Morgan fingerprint density at radius 1 is 1.11 bits per heavy atom. The summed E-state index contributed by atoms with van der Waals surface area (Å²) in [5, 5.41) is 0.315. The summed E-state index contributed by atoms with van der Waals surface area (Å²) in [6.07, 6.45) is 3.35. The van der Waals surface area contributed by atoms with Gasteiger partial charge in [-0.25, -0.2) is 13.4 Å². The first kappa shape index (κ1) is 40.2. The first-order valence-electron chi connectivity index (χ1n) is 19.7. The summed E-state index contributed by atoms with van der Waals surface area (Å²) in [5.41, 5.74) is -2.67. The Kier molecular flexibility index (Phi) is 10.4. The van der Waals surface area contributed by atoms with E-state index >= 15 is 0 Å². The normalized spacial score (nSPS) is 29.7. The second-order valence-electron chi connectivity index (χ2n) is 17.2. The molecule has 2 saturated carbocycles. The number of ether oxygens (including phenoxy) is 2. The fourth-order valence-corrected chi connectivity index (χ4v) is 10.3. The molecule has 1 aromatic heterocycles. The van der Waals surface area contributed by atoms with Crippen LogP contribution in [-0.4, -0.2) is 70.9 Å². The van der Waals surface area contributed by atoms with Crippen LogP contribution in [-0.2, 0) is 46.5 Å². The number of carbonyl (C=O) groups is 4. The zero-order chi connectivity index (χ0) is 40.4. The van der Waals surface area contributed by atoms with Gasteiger partial charge in [-0.2, -0.15) is 13.2 Å². The molecule has 15 heteroatoms. The zero-order valence-corrected chi connectivity index (χ0v) is 33.1. The van der Waals surface area contributed by atoms with E-state index in [-0.39, 0.29) is 55.8 Å². The number of hydrogen-bond acceptors (Lipinski definition) is 9. The summed E-state index contributed by atoms with van der Waals surface area (Å²) in [6, 6.07) is 2.84. The highest BCUT2D eigenvalue weighted by atomic mass is 32.2. The molecule has 56 heavy (non-hydrogen) atoms. The van der Waals surface area contributed by atoms with Gasteiger partial charge in [0.25, 0.3) is 0 Å². The molecule has 2 aromatic rings. The minimum Gasteiger partial charge on any atom is -0.483 e. The molecule has 2 aliphatic carbocycles. The molecule has 7 rings (SSSR count). The van der Waals surface area contributed by atoms with Crippen molar-refractivity contribution in [2.45, 2.75) is 140 Å². The van der Waals surface area contributed by atoms with Crippen LogP contribution in [0.15, 0.2) is 30.4 Å². The summed E-state index contributed by atoms with van der Waals surface area (Å²) in [4.78, 5) is 62.2. The van der Waals surface area contributed by atoms with Gasteiger partial charge in [0, 0.05) is 29.7 Å². The average Bonchev–Trinajstić information content (AvgIpc) is 4.01. The molecule has 2 amide bonds. The van der Waals surface area contributed by atoms with Crippen molar-refractivity contribution in [3.05, 3.63) is 47.2 Å². The SMILES string of the molecule is Cc1nc2c(C(F)(F)F)cccc2c2c1O[C@]1(CC2)C[C@H]2C(=O)C[C@]3(C(=O)NS(=O)(=O)C4(C)CC4)C[C@H]3/C=C\CCCCC[C@H](CC(=O)OC(C)C)C(=O)N2C1. The van der Waals surface area contributed by atoms with Crippen molar-refractivity contribution in [2.24, 2.45) is 17.3 Å². The highest BCUT2D eigenvalue weighted by Crippen LogP contribution is 2.58. The molecule has 304 valence electrons. The number of nitrogens with zero attached hydrogens (tertiary/aromatic N) is 2. The van der Waals surface area contributed by atoms with Gasteiger partial charge >= 0.3 is 12.1 Å². The van der Waals surface area contributed by atoms with Crippen LogP contribution < -0.4 is 9.46 Å². The van der Waals surface area contributed by atoms with Crippen molar-refractivity contribution in [3.63, 3.8) is 0 Å². The lowest BCUT2D eigenvalue weighted by atomic mass is 9.85. The monoisotopic (exact) mass is 801 g/mol. The van der Waals surface area contributed by atoms with Crippen molar-refractivity contribution in [3.8, 4) is 5.75 Å². The Labute approximate surface area is 325 Å². The van der Waals surface area contributed by atoms with Crippen LogP contribution in [0.2, 0.25) is 0 Å². The topological polar surface area (TPSA) is 149 Å². The maximum Gasteiger partial charge on any atom is 0.418 e. The quantitative estimate of drug-likeness (QED) is 0.250. The summed E-state index contributed by atoms with van der Waals surface area (Å²) < 4.78 is 81.8. The third-order valence-electron chi connectivity index (χ3n) is 12.6. The van der Waals surface area contributed by atoms with E-state index in [0.29, 0.717) is 55.2 Å². The number of halogens is 3.